The Hall–Kier alpha value is -0.655. The number of alkyl halides is 2. The summed E-state index contributed by atoms with van der Waals surface area (Å²) in [4.78, 5) is 0. The summed E-state index contributed by atoms with van der Waals surface area (Å²) in [5.41, 5.74) is 0.327. The number of hydrazine groups is 1. The number of hydrogen-bond acceptors (Lipinski definition) is 4. The van der Waals surface area contributed by atoms with E-state index in [1.807, 2.05) is 51.0 Å². The second kappa shape index (κ2) is 4.92. The average molecular weight is 314 g/mol. The molecule has 0 aromatic heterocycles. The van der Waals surface area contributed by atoms with Crippen LogP contribution in [0.15, 0.2) is 11.7 Å². The molecule has 0 amide bonds. The Morgan fingerprint density at radius 3 is 2.23 bits per heavy atom. The zero-order valence-corrected chi connectivity index (χ0v) is 14.0. The summed E-state index contributed by atoms with van der Waals surface area (Å²) < 4.78 is 38.0. The summed E-state index contributed by atoms with van der Waals surface area (Å²) in [5.74, 6) is -2.40. The molecule has 1 aliphatic carbocycles. The zero-order valence-electron chi connectivity index (χ0n) is 14.0. The summed E-state index contributed by atoms with van der Waals surface area (Å²) in [7, 11) is 1.60. The SMILES string of the molecule is CN1CC(B2OC(C)(C)C(C)(C)O2)=CN1CC1CC(F)(F)C1. The molecule has 0 atom stereocenters. The lowest BCUT2D eigenvalue weighted by molar-refractivity contribution is -0.123. The van der Waals surface area contributed by atoms with Crippen molar-refractivity contribution in [3.05, 3.63) is 11.7 Å². The van der Waals surface area contributed by atoms with Gasteiger partial charge < -0.3 is 14.3 Å². The quantitative estimate of drug-likeness (QED) is 0.748. The summed E-state index contributed by atoms with van der Waals surface area (Å²) >= 11 is 0. The van der Waals surface area contributed by atoms with E-state index in [9.17, 15) is 8.78 Å². The van der Waals surface area contributed by atoms with Crippen molar-refractivity contribution in [3.63, 3.8) is 0 Å². The molecule has 124 valence electrons. The van der Waals surface area contributed by atoms with Crippen molar-refractivity contribution in [2.24, 2.45) is 5.92 Å². The highest BCUT2D eigenvalue weighted by Crippen LogP contribution is 2.43. The second-order valence-corrected chi connectivity index (χ2v) is 7.86. The Kier molecular flexibility index (Phi) is 3.62. The van der Waals surface area contributed by atoms with E-state index in [1.54, 1.807) is 0 Å². The Balaban J connectivity index is 1.63. The van der Waals surface area contributed by atoms with Crippen LogP contribution in [0.4, 0.5) is 8.78 Å². The molecule has 0 bridgehead atoms. The molecule has 0 aromatic carbocycles. The average Bonchev–Trinajstić information content (AvgIpc) is 2.76. The third kappa shape index (κ3) is 2.79. The van der Waals surface area contributed by atoms with Gasteiger partial charge in [-0.3, -0.25) is 0 Å². The van der Waals surface area contributed by atoms with E-state index in [0.29, 0.717) is 13.1 Å². The fourth-order valence-electron chi connectivity index (χ4n) is 3.19. The van der Waals surface area contributed by atoms with Crippen molar-refractivity contribution < 1.29 is 18.1 Å². The van der Waals surface area contributed by atoms with Gasteiger partial charge in [-0.25, -0.2) is 13.8 Å². The topological polar surface area (TPSA) is 24.9 Å². The first-order chi connectivity index (χ1) is 9.99. The van der Waals surface area contributed by atoms with Gasteiger partial charge in [0, 0.05) is 39.2 Å². The van der Waals surface area contributed by atoms with Gasteiger partial charge in [0.15, 0.2) is 0 Å². The summed E-state index contributed by atoms with van der Waals surface area (Å²) in [6.45, 7) is 9.46. The van der Waals surface area contributed by atoms with E-state index in [-0.39, 0.29) is 37.1 Å². The third-order valence-corrected chi connectivity index (χ3v) is 5.34. The van der Waals surface area contributed by atoms with Gasteiger partial charge in [-0.2, -0.15) is 0 Å². The molecule has 1 saturated heterocycles. The van der Waals surface area contributed by atoms with Crippen LogP contribution in [0, 0.1) is 5.92 Å². The first-order valence-corrected chi connectivity index (χ1v) is 7.91. The predicted octanol–water partition coefficient (Wildman–Crippen LogP) is 2.71. The lowest BCUT2D eigenvalue weighted by Gasteiger charge is -2.38. The molecule has 2 fully saturated rings. The molecule has 4 nitrogen and oxygen atoms in total. The van der Waals surface area contributed by atoms with Gasteiger partial charge in [-0.1, -0.05) is 0 Å². The standard InChI is InChI=1S/C15H25BF2N2O2/c1-13(2)14(3,4)22-16(21-13)12-9-19(5)20(10-12)8-11-6-15(17,18)7-11/h10-11H,6-9H2,1-5H3. The van der Waals surface area contributed by atoms with E-state index in [1.165, 1.54) is 0 Å². The van der Waals surface area contributed by atoms with Gasteiger partial charge in [-0.15, -0.1) is 0 Å². The molecule has 7 heteroatoms. The minimum absolute atomic E-state index is 0.00297. The molecule has 2 aliphatic heterocycles. The molecule has 22 heavy (non-hydrogen) atoms. The monoisotopic (exact) mass is 314 g/mol. The van der Waals surface area contributed by atoms with E-state index in [0.717, 1.165) is 5.47 Å². The van der Waals surface area contributed by atoms with E-state index in [4.69, 9.17) is 9.31 Å². The third-order valence-electron chi connectivity index (χ3n) is 5.34. The number of nitrogens with zero attached hydrogens (tertiary/aromatic N) is 2. The molecule has 0 radical (unpaired) electrons. The number of likely N-dealkylation sites (N-methyl/N-ethyl adjacent to an activating group) is 1. The fraction of sp³-hybridized carbons (Fsp3) is 0.867. The molecule has 0 aromatic rings. The molecule has 0 unspecified atom stereocenters. The van der Waals surface area contributed by atoms with E-state index >= 15 is 0 Å². The molecular formula is C15H25BF2N2O2. The van der Waals surface area contributed by atoms with Crippen molar-refractivity contribution in [2.45, 2.75) is 57.7 Å². The van der Waals surface area contributed by atoms with Gasteiger partial charge >= 0.3 is 7.12 Å². The van der Waals surface area contributed by atoms with Crippen LogP contribution < -0.4 is 0 Å². The van der Waals surface area contributed by atoms with Crippen LogP contribution in [0.3, 0.4) is 0 Å². The summed E-state index contributed by atoms with van der Waals surface area (Å²) in [5, 5.41) is 4.05. The highest BCUT2D eigenvalue weighted by atomic mass is 19.3. The van der Waals surface area contributed by atoms with Crippen LogP contribution in [0.2, 0.25) is 0 Å². The fourth-order valence-corrected chi connectivity index (χ4v) is 3.19. The maximum atomic E-state index is 13.0. The van der Waals surface area contributed by atoms with Crippen LogP contribution >= 0.6 is 0 Å². The second-order valence-electron chi connectivity index (χ2n) is 7.86. The highest BCUT2D eigenvalue weighted by molar-refractivity contribution is 6.54. The Bertz CT molecular complexity index is 472. The minimum Gasteiger partial charge on any atom is -0.399 e. The summed E-state index contributed by atoms with van der Waals surface area (Å²) in [6, 6.07) is 0. The number of hydrogen-bond donors (Lipinski definition) is 0. The molecule has 1 saturated carbocycles. The number of halogens is 2. The Morgan fingerprint density at radius 1 is 1.18 bits per heavy atom. The molecule has 3 rings (SSSR count). The first-order valence-electron chi connectivity index (χ1n) is 7.91. The van der Waals surface area contributed by atoms with Gasteiger partial charge in [0.25, 0.3) is 0 Å². The van der Waals surface area contributed by atoms with Crippen LogP contribution in [0.25, 0.3) is 0 Å². The lowest BCUT2D eigenvalue weighted by atomic mass is 9.79. The van der Waals surface area contributed by atoms with Gasteiger partial charge in [0.2, 0.25) is 5.92 Å². The van der Waals surface area contributed by atoms with Gasteiger partial charge in [-0.05, 0) is 39.1 Å². The van der Waals surface area contributed by atoms with Gasteiger partial charge in [0.1, 0.15) is 0 Å². The number of rotatable bonds is 3. The highest BCUT2D eigenvalue weighted by Gasteiger charge is 2.53. The molecule has 0 N–H and O–H groups in total. The van der Waals surface area contributed by atoms with Gasteiger partial charge in [0.05, 0.1) is 11.2 Å². The normalized spacial score (nSPS) is 30.6. The van der Waals surface area contributed by atoms with Crippen LogP contribution in [-0.2, 0) is 9.31 Å². The molecule has 2 heterocycles. The first kappa shape index (κ1) is 16.2. The van der Waals surface area contributed by atoms with E-state index in [2.05, 4.69) is 0 Å². The maximum Gasteiger partial charge on any atom is 0.493 e. The molecule has 3 aliphatic rings. The van der Waals surface area contributed by atoms with Crippen LogP contribution in [0.1, 0.15) is 40.5 Å². The van der Waals surface area contributed by atoms with Crippen molar-refractivity contribution >= 4 is 7.12 Å². The van der Waals surface area contributed by atoms with Crippen molar-refractivity contribution in [1.29, 1.82) is 0 Å². The maximum absolute atomic E-state index is 13.0. The van der Waals surface area contributed by atoms with Crippen LogP contribution in [0.5, 0.6) is 0 Å². The largest absolute Gasteiger partial charge is 0.493 e. The summed E-state index contributed by atoms with van der Waals surface area (Å²) in [6.07, 6.45) is 1.99. The molecule has 0 spiro atoms. The van der Waals surface area contributed by atoms with Crippen molar-refractivity contribution in [3.8, 4) is 0 Å². The van der Waals surface area contributed by atoms with E-state index < -0.39 is 5.92 Å². The van der Waals surface area contributed by atoms with Crippen molar-refractivity contribution in [2.75, 3.05) is 20.1 Å². The minimum atomic E-state index is -2.46. The Labute approximate surface area is 131 Å². The van der Waals surface area contributed by atoms with Crippen LogP contribution in [-0.4, -0.2) is 54.4 Å². The lowest BCUT2D eigenvalue weighted by Crippen LogP contribution is -2.44. The predicted molar refractivity (Wildman–Crippen MR) is 81.2 cm³/mol. The smallest absolute Gasteiger partial charge is 0.399 e. The Morgan fingerprint density at radius 2 is 1.73 bits per heavy atom. The zero-order chi connectivity index (χ0) is 16.3. The van der Waals surface area contributed by atoms with Crippen molar-refractivity contribution in [1.82, 2.24) is 10.0 Å². The molecular weight excluding hydrogens is 289 g/mol.